The Morgan fingerprint density at radius 2 is 1.55 bits per heavy atom. The average molecular weight is 587 g/mol. The Morgan fingerprint density at radius 1 is 0.881 bits per heavy atom. The van der Waals surface area contributed by atoms with Crippen molar-refractivity contribution in [1.29, 1.82) is 0 Å². The average Bonchev–Trinajstić information content (AvgIpc) is 3.26. The van der Waals surface area contributed by atoms with Crippen LogP contribution in [-0.2, 0) is 17.8 Å². The fourth-order valence-corrected chi connectivity index (χ4v) is 4.69. The van der Waals surface area contributed by atoms with Crippen LogP contribution in [0.5, 0.6) is 23.0 Å². The third-order valence-electron chi connectivity index (χ3n) is 6.29. The number of fused-ring (bicyclic) bond motifs is 1. The van der Waals surface area contributed by atoms with Crippen molar-refractivity contribution in [2.45, 2.75) is 33.0 Å². The van der Waals surface area contributed by atoms with Crippen molar-refractivity contribution in [2.24, 2.45) is 0 Å². The molecule has 0 unspecified atom stereocenters. The first-order valence-electron chi connectivity index (χ1n) is 13.1. The molecule has 0 atom stereocenters. The summed E-state index contributed by atoms with van der Waals surface area (Å²) in [4.78, 5) is 28.3. The highest BCUT2D eigenvalue weighted by molar-refractivity contribution is 6.29. The number of aromatic nitrogens is 2. The quantitative estimate of drug-likeness (QED) is 0.156. The van der Waals surface area contributed by atoms with Gasteiger partial charge in [-0.15, -0.1) is 0 Å². The molecule has 2 aromatic heterocycles. The molecule has 9 nitrogen and oxygen atoms in total. The summed E-state index contributed by atoms with van der Waals surface area (Å²) in [6, 6.07) is 22.6. The van der Waals surface area contributed by atoms with Crippen molar-refractivity contribution < 1.29 is 34.0 Å². The van der Waals surface area contributed by atoms with Gasteiger partial charge in [-0.1, -0.05) is 17.7 Å². The molecule has 0 amide bonds. The van der Waals surface area contributed by atoms with Crippen molar-refractivity contribution in [3.8, 4) is 28.7 Å². The number of halogens is 1. The Kier molecular flexibility index (Phi) is 8.31. The van der Waals surface area contributed by atoms with Gasteiger partial charge in [0.15, 0.2) is 0 Å². The van der Waals surface area contributed by atoms with Crippen LogP contribution in [0.4, 0.5) is 0 Å². The van der Waals surface area contributed by atoms with Gasteiger partial charge >= 0.3 is 11.9 Å². The van der Waals surface area contributed by atoms with Gasteiger partial charge in [0.25, 0.3) is 0 Å². The first-order valence-corrected chi connectivity index (χ1v) is 13.5. The number of pyridine rings is 1. The molecule has 42 heavy (non-hydrogen) atoms. The number of hydrogen-bond acceptors (Lipinski definition) is 6. The molecule has 0 spiro atoms. The van der Waals surface area contributed by atoms with E-state index in [2.05, 4.69) is 4.98 Å². The Morgan fingerprint density at radius 3 is 2.17 bits per heavy atom. The SMILES string of the molecule is CC(C)Oc1ccc(Oc2ccc3c(c2)c(C(=O)O)c(CC(=O)O)n3-c2ccc(OCc3ccc(Cl)nc3)cc2)cc1. The summed E-state index contributed by atoms with van der Waals surface area (Å²) < 4.78 is 19.2. The Labute approximate surface area is 246 Å². The van der Waals surface area contributed by atoms with Crippen LogP contribution < -0.4 is 14.2 Å². The first kappa shape index (κ1) is 28.5. The number of hydrogen-bond donors (Lipinski definition) is 2. The molecule has 5 aromatic rings. The first-order chi connectivity index (χ1) is 20.2. The summed E-state index contributed by atoms with van der Waals surface area (Å²) >= 11 is 5.84. The summed E-state index contributed by atoms with van der Waals surface area (Å²) in [6.45, 7) is 4.15. The van der Waals surface area contributed by atoms with E-state index < -0.39 is 18.4 Å². The van der Waals surface area contributed by atoms with E-state index in [0.717, 1.165) is 5.56 Å². The van der Waals surface area contributed by atoms with Crippen molar-refractivity contribution >= 4 is 34.4 Å². The number of ether oxygens (including phenoxy) is 3. The monoisotopic (exact) mass is 586 g/mol. The lowest BCUT2D eigenvalue weighted by Gasteiger charge is -2.12. The second-order valence-electron chi connectivity index (χ2n) is 9.72. The smallest absolute Gasteiger partial charge is 0.338 e. The van der Waals surface area contributed by atoms with Gasteiger partial charge in [-0.2, -0.15) is 0 Å². The molecule has 5 rings (SSSR count). The number of benzene rings is 3. The molecule has 0 aliphatic carbocycles. The molecule has 0 aliphatic heterocycles. The minimum atomic E-state index is -1.24. The standard InChI is InChI=1S/C32H27ClN2O7/c1-19(2)41-23-8-10-24(11-9-23)42-25-12-13-27-26(15-25)31(32(38)39)28(16-30(36)37)35(27)21-4-6-22(7-5-21)40-18-20-3-14-29(33)34-17-20/h3-15,17,19H,16,18H2,1-2H3,(H,36,37)(H,38,39). The van der Waals surface area contributed by atoms with Gasteiger partial charge in [0.1, 0.15) is 34.8 Å². The second kappa shape index (κ2) is 12.2. The van der Waals surface area contributed by atoms with Gasteiger partial charge < -0.3 is 29.0 Å². The molecule has 0 fully saturated rings. The van der Waals surface area contributed by atoms with E-state index in [-0.39, 0.29) is 24.0 Å². The van der Waals surface area contributed by atoms with Crippen LogP contribution >= 0.6 is 11.6 Å². The number of aliphatic carboxylic acids is 1. The summed E-state index contributed by atoms with van der Waals surface area (Å²) in [5.74, 6) is -0.171. The Hall–Kier alpha value is -5.02. The number of nitrogens with zero attached hydrogens (tertiary/aromatic N) is 2. The normalized spacial score (nSPS) is 11.0. The molecular formula is C32H27ClN2O7. The van der Waals surface area contributed by atoms with Crippen LogP contribution in [0.2, 0.25) is 5.15 Å². The van der Waals surface area contributed by atoms with Gasteiger partial charge in [0.05, 0.1) is 23.6 Å². The molecule has 0 radical (unpaired) electrons. The van der Waals surface area contributed by atoms with Crippen LogP contribution in [0.25, 0.3) is 16.6 Å². The summed E-state index contributed by atoms with van der Waals surface area (Å²) in [5, 5.41) is 20.6. The highest BCUT2D eigenvalue weighted by Gasteiger charge is 2.25. The minimum absolute atomic E-state index is 0.0355. The molecule has 214 valence electrons. The molecular weight excluding hydrogens is 560 g/mol. The molecule has 2 N–H and O–H groups in total. The van der Waals surface area contributed by atoms with Crippen LogP contribution in [0.3, 0.4) is 0 Å². The summed E-state index contributed by atoms with van der Waals surface area (Å²) in [7, 11) is 0. The van der Waals surface area contributed by atoms with Crippen LogP contribution in [0.15, 0.2) is 85.1 Å². The van der Waals surface area contributed by atoms with Gasteiger partial charge in [0.2, 0.25) is 0 Å². The van der Waals surface area contributed by atoms with E-state index in [9.17, 15) is 19.8 Å². The lowest BCUT2D eigenvalue weighted by atomic mass is 10.1. The third-order valence-corrected chi connectivity index (χ3v) is 6.51. The lowest BCUT2D eigenvalue weighted by molar-refractivity contribution is -0.136. The van der Waals surface area contributed by atoms with Crippen LogP contribution in [-0.4, -0.2) is 37.8 Å². The van der Waals surface area contributed by atoms with Crippen LogP contribution in [0.1, 0.15) is 35.5 Å². The Balaban J connectivity index is 1.48. The zero-order valence-electron chi connectivity index (χ0n) is 22.8. The topological polar surface area (TPSA) is 120 Å². The van der Waals surface area contributed by atoms with Crippen molar-refractivity contribution in [1.82, 2.24) is 9.55 Å². The zero-order chi connectivity index (χ0) is 29.8. The van der Waals surface area contributed by atoms with Gasteiger partial charge in [-0.05, 0) is 86.6 Å². The second-order valence-corrected chi connectivity index (χ2v) is 10.1. The fraction of sp³-hybridized carbons (Fsp3) is 0.156. The van der Waals surface area contributed by atoms with E-state index in [0.29, 0.717) is 44.7 Å². The van der Waals surface area contributed by atoms with Crippen molar-refractivity contribution in [3.63, 3.8) is 0 Å². The number of carbonyl (C=O) groups is 2. The fourth-order valence-electron chi connectivity index (χ4n) is 4.58. The molecule has 3 aromatic carbocycles. The van der Waals surface area contributed by atoms with Gasteiger partial charge in [-0.25, -0.2) is 9.78 Å². The Bertz CT molecular complexity index is 1730. The summed E-state index contributed by atoms with van der Waals surface area (Å²) in [5.41, 5.74) is 1.98. The number of carboxylic acid groups (broad SMARTS) is 2. The predicted octanol–water partition coefficient (Wildman–Crippen LogP) is 7.16. The third kappa shape index (κ3) is 6.47. The molecule has 10 heteroatoms. The van der Waals surface area contributed by atoms with Gasteiger partial charge in [-0.3, -0.25) is 4.79 Å². The van der Waals surface area contributed by atoms with E-state index >= 15 is 0 Å². The van der Waals surface area contributed by atoms with Gasteiger partial charge in [0, 0.05) is 28.5 Å². The molecule has 0 bridgehead atoms. The van der Waals surface area contributed by atoms with Crippen LogP contribution in [0, 0.1) is 0 Å². The van der Waals surface area contributed by atoms with E-state index in [1.807, 2.05) is 19.9 Å². The van der Waals surface area contributed by atoms with Crippen molar-refractivity contribution in [3.05, 3.63) is 107 Å². The zero-order valence-corrected chi connectivity index (χ0v) is 23.5. The molecule has 0 saturated carbocycles. The van der Waals surface area contributed by atoms with Crippen molar-refractivity contribution in [2.75, 3.05) is 0 Å². The predicted molar refractivity (Wildman–Crippen MR) is 157 cm³/mol. The number of rotatable bonds is 11. The lowest BCUT2D eigenvalue weighted by Crippen LogP contribution is -2.11. The van der Waals surface area contributed by atoms with E-state index in [1.54, 1.807) is 83.6 Å². The summed E-state index contributed by atoms with van der Waals surface area (Å²) in [6.07, 6.45) is 1.17. The van der Waals surface area contributed by atoms with E-state index in [1.165, 1.54) is 0 Å². The maximum atomic E-state index is 12.5. The largest absolute Gasteiger partial charge is 0.491 e. The van der Waals surface area contributed by atoms with E-state index in [4.69, 9.17) is 25.8 Å². The molecule has 0 saturated heterocycles. The number of aromatic carboxylic acids is 1. The minimum Gasteiger partial charge on any atom is -0.491 e. The maximum Gasteiger partial charge on any atom is 0.338 e. The maximum absolute atomic E-state index is 12.5. The number of carboxylic acids is 2. The highest BCUT2D eigenvalue weighted by Crippen LogP contribution is 2.35. The highest BCUT2D eigenvalue weighted by atomic mass is 35.5. The molecule has 0 aliphatic rings. The molecule has 2 heterocycles.